The molecule has 0 aliphatic carbocycles. The van der Waals surface area contributed by atoms with E-state index in [9.17, 15) is 4.79 Å². The molecule has 5 heteroatoms. The maximum atomic E-state index is 10.6. The molecule has 1 aromatic heterocycles. The van der Waals surface area contributed by atoms with Crippen LogP contribution in [0.1, 0.15) is 25.7 Å². The zero-order valence-corrected chi connectivity index (χ0v) is 16.8. The number of unbranched alkanes of at least 4 members (excludes halogenated alkanes) is 2. The molecule has 3 aromatic carbocycles. The molecule has 0 unspecified atom stereocenters. The molecule has 4 aromatic rings. The Morgan fingerprint density at radius 1 is 0.900 bits per heavy atom. The third kappa shape index (κ3) is 4.51. The topological polar surface area (TPSA) is 67.2 Å². The number of hydrogen-bond donors (Lipinski definition) is 2. The van der Waals surface area contributed by atoms with Gasteiger partial charge in [0, 0.05) is 29.9 Å². The number of carbonyl (C=O) groups is 1. The highest BCUT2D eigenvalue weighted by Gasteiger charge is 2.14. The van der Waals surface area contributed by atoms with Gasteiger partial charge in [0.25, 0.3) is 0 Å². The van der Waals surface area contributed by atoms with Crippen LogP contribution in [0, 0.1) is 0 Å². The molecule has 0 saturated carbocycles. The number of nitrogens with one attached hydrogen (secondary N) is 1. The van der Waals surface area contributed by atoms with Crippen molar-refractivity contribution in [2.75, 3.05) is 11.9 Å². The Morgan fingerprint density at radius 2 is 1.63 bits per heavy atom. The number of nitrogens with zero attached hydrogens (tertiary/aromatic N) is 2. The number of aromatic nitrogens is 2. The van der Waals surface area contributed by atoms with Gasteiger partial charge in [-0.05, 0) is 43.2 Å². The Balaban J connectivity index is 1.59. The lowest BCUT2D eigenvalue weighted by molar-refractivity contribution is -0.137. The van der Waals surface area contributed by atoms with Crippen LogP contribution in [0.3, 0.4) is 0 Å². The molecule has 0 aliphatic heterocycles. The van der Waals surface area contributed by atoms with Crippen molar-refractivity contribution in [3.63, 3.8) is 0 Å². The summed E-state index contributed by atoms with van der Waals surface area (Å²) in [5.41, 5.74) is 5.18. The number of aliphatic carboxylic acids is 1. The van der Waals surface area contributed by atoms with Crippen LogP contribution < -0.4 is 5.32 Å². The summed E-state index contributed by atoms with van der Waals surface area (Å²) in [5.74, 6) is 0.194. The molecule has 30 heavy (non-hydrogen) atoms. The third-order valence-electron chi connectivity index (χ3n) is 5.10. The first kappa shape index (κ1) is 19.7. The highest BCUT2D eigenvalue weighted by molar-refractivity contribution is 5.86. The second kappa shape index (κ2) is 9.27. The normalized spacial score (nSPS) is 10.9. The summed E-state index contributed by atoms with van der Waals surface area (Å²) in [4.78, 5) is 15.5. The molecule has 4 rings (SSSR count). The van der Waals surface area contributed by atoms with Crippen LogP contribution in [-0.4, -0.2) is 27.2 Å². The number of carboxylic acids is 1. The van der Waals surface area contributed by atoms with Gasteiger partial charge in [-0.3, -0.25) is 9.36 Å². The van der Waals surface area contributed by atoms with Crippen molar-refractivity contribution < 1.29 is 9.90 Å². The second-order valence-electron chi connectivity index (χ2n) is 7.31. The maximum Gasteiger partial charge on any atom is 0.303 e. The van der Waals surface area contributed by atoms with E-state index in [1.54, 1.807) is 0 Å². The zero-order chi connectivity index (χ0) is 20.8. The molecular weight excluding hydrogens is 374 g/mol. The van der Waals surface area contributed by atoms with E-state index in [0.29, 0.717) is 0 Å². The minimum Gasteiger partial charge on any atom is -0.481 e. The van der Waals surface area contributed by atoms with Crippen molar-refractivity contribution in [2.45, 2.75) is 25.7 Å². The molecule has 1 heterocycles. The van der Waals surface area contributed by atoms with E-state index in [1.807, 2.05) is 36.4 Å². The molecule has 0 atom stereocenters. The molecule has 0 bridgehead atoms. The fourth-order valence-corrected chi connectivity index (χ4v) is 3.62. The van der Waals surface area contributed by atoms with Gasteiger partial charge in [0.1, 0.15) is 5.82 Å². The van der Waals surface area contributed by atoms with Crippen molar-refractivity contribution in [1.29, 1.82) is 0 Å². The first-order chi connectivity index (χ1) is 14.7. The summed E-state index contributed by atoms with van der Waals surface area (Å²) >= 11 is 0. The predicted octanol–water partition coefficient (Wildman–Crippen LogP) is 5.75. The van der Waals surface area contributed by atoms with Gasteiger partial charge in [-0.2, -0.15) is 0 Å². The lowest BCUT2D eigenvalue weighted by atomic mass is 10.2. The minimum absolute atomic E-state index is 0.241. The number of hydrogen-bond acceptors (Lipinski definition) is 3. The van der Waals surface area contributed by atoms with E-state index in [1.165, 1.54) is 0 Å². The molecule has 0 aliphatic rings. The van der Waals surface area contributed by atoms with E-state index in [4.69, 9.17) is 10.1 Å². The Bertz CT molecular complexity index is 1120. The van der Waals surface area contributed by atoms with Crippen molar-refractivity contribution in [1.82, 2.24) is 9.55 Å². The molecule has 152 valence electrons. The maximum absolute atomic E-state index is 10.6. The Hall–Kier alpha value is -3.60. The standard InChI is InChI=1S/C25H25N3O2/c29-24(30)14-8-3-9-17-26-20-15-16-23-22(18-20)27-25(19-10-4-1-5-11-19)28(23)21-12-6-2-7-13-21/h1-2,4-7,10-13,15-16,18,26H,3,8-9,14,17H2,(H,29,30). The Morgan fingerprint density at radius 3 is 2.37 bits per heavy atom. The number of imidazole rings is 1. The van der Waals surface area contributed by atoms with E-state index in [0.717, 1.165) is 59.6 Å². The van der Waals surface area contributed by atoms with Crippen molar-refractivity contribution in [3.8, 4) is 17.1 Å². The molecule has 0 fully saturated rings. The number of fused-ring (bicyclic) bond motifs is 1. The molecule has 0 spiro atoms. The van der Waals surface area contributed by atoms with Crippen molar-refractivity contribution in [2.24, 2.45) is 0 Å². The molecule has 0 radical (unpaired) electrons. The summed E-state index contributed by atoms with van der Waals surface area (Å²) in [7, 11) is 0. The van der Waals surface area contributed by atoms with Crippen LogP contribution in [0.2, 0.25) is 0 Å². The smallest absolute Gasteiger partial charge is 0.303 e. The largest absolute Gasteiger partial charge is 0.481 e. The molecule has 0 saturated heterocycles. The summed E-state index contributed by atoms with van der Waals surface area (Å²) in [6, 6.07) is 26.8. The van der Waals surface area contributed by atoms with Crippen LogP contribution >= 0.6 is 0 Å². The summed E-state index contributed by atoms with van der Waals surface area (Å²) < 4.78 is 2.19. The van der Waals surface area contributed by atoms with Gasteiger partial charge in [0.2, 0.25) is 0 Å². The van der Waals surface area contributed by atoms with Gasteiger partial charge in [0.05, 0.1) is 11.0 Å². The number of para-hydroxylation sites is 1. The number of rotatable bonds is 9. The fraction of sp³-hybridized carbons (Fsp3) is 0.200. The van der Waals surface area contributed by atoms with Gasteiger partial charge in [0.15, 0.2) is 0 Å². The van der Waals surface area contributed by atoms with Gasteiger partial charge in [-0.15, -0.1) is 0 Å². The van der Waals surface area contributed by atoms with E-state index < -0.39 is 5.97 Å². The second-order valence-corrected chi connectivity index (χ2v) is 7.31. The first-order valence-electron chi connectivity index (χ1n) is 10.3. The first-order valence-corrected chi connectivity index (χ1v) is 10.3. The Labute approximate surface area is 176 Å². The van der Waals surface area contributed by atoms with Gasteiger partial charge in [-0.25, -0.2) is 4.98 Å². The van der Waals surface area contributed by atoms with E-state index >= 15 is 0 Å². The van der Waals surface area contributed by atoms with E-state index in [2.05, 4.69) is 52.3 Å². The van der Waals surface area contributed by atoms with Gasteiger partial charge >= 0.3 is 5.97 Å². The highest BCUT2D eigenvalue weighted by Crippen LogP contribution is 2.30. The monoisotopic (exact) mass is 399 g/mol. The lowest BCUT2D eigenvalue weighted by Crippen LogP contribution is -2.02. The average molecular weight is 399 g/mol. The lowest BCUT2D eigenvalue weighted by Gasteiger charge is -2.10. The molecule has 5 nitrogen and oxygen atoms in total. The van der Waals surface area contributed by atoms with Crippen LogP contribution in [0.25, 0.3) is 28.1 Å². The quantitative estimate of drug-likeness (QED) is 0.352. The summed E-state index contributed by atoms with van der Waals surface area (Å²) in [6.45, 7) is 0.816. The predicted molar refractivity (Wildman–Crippen MR) is 121 cm³/mol. The number of anilines is 1. The molecule has 0 amide bonds. The molecule has 2 N–H and O–H groups in total. The minimum atomic E-state index is -0.725. The third-order valence-corrected chi connectivity index (χ3v) is 5.10. The van der Waals surface area contributed by atoms with Crippen LogP contribution in [0.5, 0.6) is 0 Å². The summed E-state index contributed by atoms with van der Waals surface area (Å²) in [5, 5.41) is 12.1. The van der Waals surface area contributed by atoms with E-state index in [-0.39, 0.29) is 6.42 Å². The van der Waals surface area contributed by atoms with Crippen molar-refractivity contribution in [3.05, 3.63) is 78.9 Å². The molecular formula is C25H25N3O2. The fourth-order valence-electron chi connectivity index (χ4n) is 3.62. The van der Waals surface area contributed by atoms with Crippen LogP contribution in [-0.2, 0) is 4.79 Å². The number of benzene rings is 3. The average Bonchev–Trinajstić information content (AvgIpc) is 3.16. The van der Waals surface area contributed by atoms with Crippen molar-refractivity contribution >= 4 is 22.7 Å². The van der Waals surface area contributed by atoms with Crippen LogP contribution in [0.4, 0.5) is 5.69 Å². The highest BCUT2D eigenvalue weighted by atomic mass is 16.4. The van der Waals surface area contributed by atoms with Gasteiger partial charge < -0.3 is 10.4 Å². The summed E-state index contributed by atoms with van der Waals surface area (Å²) in [6.07, 6.45) is 2.81. The SMILES string of the molecule is O=C(O)CCCCCNc1ccc2c(c1)nc(-c1ccccc1)n2-c1ccccc1. The van der Waals surface area contributed by atoms with Crippen LogP contribution in [0.15, 0.2) is 78.9 Å². The number of carboxylic acid groups (broad SMARTS) is 1. The zero-order valence-electron chi connectivity index (χ0n) is 16.8. The van der Waals surface area contributed by atoms with Gasteiger partial charge in [-0.1, -0.05) is 55.0 Å². The Kier molecular flexibility index (Phi) is 6.09.